The molecule has 1 aliphatic rings. The van der Waals surface area contributed by atoms with E-state index in [1.165, 1.54) is 11.1 Å². The van der Waals surface area contributed by atoms with Crippen LogP contribution < -0.4 is 15.0 Å². The number of nitrogens with one attached hydrogen (secondary N) is 1. The largest absolute Gasteiger partial charge is 0.492 e. The minimum atomic E-state index is -0.0768. The van der Waals surface area contributed by atoms with Gasteiger partial charge in [0.15, 0.2) is 5.82 Å². The third-order valence-corrected chi connectivity index (χ3v) is 5.85. The molecule has 1 amide bonds. The molecule has 2 aromatic heterocycles. The van der Waals surface area contributed by atoms with Crippen molar-refractivity contribution in [1.82, 2.24) is 25.1 Å². The summed E-state index contributed by atoms with van der Waals surface area (Å²) in [5.74, 6) is 2.39. The molecule has 1 saturated heterocycles. The number of carbonyl (C=O) groups excluding carboxylic acids is 1. The Balaban J connectivity index is 1.32. The summed E-state index contributed by atoms with van der Waals surface area (Å²) in [6.45, 7) is 10.5. The average molecular weight is 449 g/mol. The molecule has 0 bridgehead atoms. The molecule has 1 unspecified atom stereocenters. The molecule has 1 aliphatic heterocycles. The Morgan fingerprint density at radius 2 is 1.82 bits per heavy atom. The van der Waals surface area contributed by atoms with Crippen molar-refractivity contribution < 1.29 is 9.53 Å². The lowest BCUT2D eigenvalue weighted by molar-refractivity contribution is -0.125. The molecule has 0 saturated carbocycles. The Kier molecular flexibility index (Phi) is 6.91. The molecule has 3 aromatic rings. The summed E-state index contributed by atoms with van der Waals surface area (Å²) < 4.78 is 7.64. The minimum absolute atomic E-state index is 0.0662. The van der Waals surface area contributed by atoms with Crippen molar-refractivity contribution in [1.29, 1.82) is 0 Å². The lowest BCUT2D eigenvalue weighted by atomic mass is 9.97. The van der Waals surface area contributed by atoms with E-state index in [2.05, 4.69) is 31.3 Å². The summed E-state index contributed by atoms with van der Waals surface area (Å²) in [7, 11) is 0. The van der Waals surface area contributed by atoms with Crippen molar-refractivity contribution in [3.05, 3.63) is 59.2 Å². The Hall–Kier alpha value is -3.42. The van der Waals surface area contributed by atoms with Crippen LogP contribution in [0.1, 0.15) is 35.4 Å². The number of amides is 1. The van der Waals surface area contributed by atoms with Gasteiger partial charge >= 0.3 is 0 Å². The van der Waals surface area contributed by atoms with Crippen LogP contribution in [0.2, 0.25) is 0 Å². The van der Waals surface area contributed by atoms with Crippen LogP contribution >= 0.6 is 0 Å². The van der Waals surface area contributed by atoms with Crippen LogP contribution in [0.3, 0.4) is 0 Å². The molecule has 1 aromatic carbocycles. The molecule has 1 fully saturated rings. The zero-order valence-electron chi connectivity index (χ0n) is 19.8. The van der Waals surface area contributed by atoms with Crippen LogP contribution in [0.4, 0.5) is 5.82 Å². The zero-order valence-corrected chi connectivity index (χ0v) is 19.8. The Bertz CT molecular complexity index is 1110. The first-order valence-electron chi connectivity index (χ1n) is 11.5. The van der Waals surface area contributed by atoms with E-state index < -0.39 is 0 Å². The number of aryl methyl sites for hydroxylation is 4. The van der Waals surface area contributed by atoms with Gasteiger partial charge in [-0.1, -0.05) is 6.07 Å². The van der Waals surface area contributed by atoms with Crippen LogP contribution in [-0.2, 0) is 4.79 Å². The Morgan fingerprint density at radius 3 is 2.55 bits per heavy atom. The highest BCUT2D eigenvalue weighted by atomic mass is 16.5. The van der Waals surface area contributed by atoms with Gasteiger partial charge in [0.2, 0.25) is 5.91 Å². The molecule has 0 aliphatic carbocycles. The van der Waals surface area contributed by atoms with Gasteiger partial charge in [-0.05, 0) is 69.9 Å². The van der Waals surface area contributed by atoms with E-state index in [0.29, 0.717) is 19.7 Å². The average Bonchev–Trinajstić information content (AvgIpc) is 3.14. The summed E-state index contributed by atoms with van der Waals surface area (Å²) in [6, 6.07) is 10.1. The van der Waals surface area contributed by atoms with Crippen LogP contribution in [0.5, 0.6) is 5.75 Å². The number of carbonyl (C=O) groups is 1. The van der Waals surface area contributed by atoms with E-state index in [1.807, 2.05) is 56.6 Å². The van der Waals surface area contributed by atoms with Crippen LogP contribution in [0.15, 0.2) is 36.7 Å². The maximum atomic E-state index is 12.8. The predicted molar refractivity (Wildman–Crippen MR) is 128 cm³/mol. The lowest BCUT2D eigenvalue weighted by Crippen LogP contribution is -2.44. The van der Waals surface area contributed by atoms with E-state index in [0.717, 1.165) is 48.2 Å². The number of ether oxygens (including phenoxy) is 1. The monoisotopic (exact) mass is 448 g/mol. The Morgan fingerprint density at radius 1 is 1.06 bits per heavy atom. The van der Waals surface area contributed by atoms with Crippen LogP contribution in [0, 0.1) is 33.6 Å². The molecule has 8 nitrogen and oxygen atoms in total. The number of benzene rings is 1. The molecule has 1 N–H and O–H groups in total. The summed E-state index contributed by atoms with van der Waals surface area (Å²) in [5.41, 5.74) is 4.31. The van der Waals surface area contributed by atoms with Gasteiger partial charge in [0.1, 0.15) is 24.5 Å². The SMILES string of the molecule is Cc1cc(C)cc(OCCNC(=O)C2CCCN(c3cc(-n4nc(C)cc4C)ncn3)C2)c1. The number of aromatic nitrogens is 4. The van der Waals surface area contributed by atoms with Gasteiger partial charge in [0.25, 0.3) is 0 Å². The molecular weight excluding hydrogens is 416 g/mol. The first-order chi connectivity index (χ1) is 15.9. The molecular formula is C25H32N6O2. The summed E-state index contributed by atoms with van der Waals surface area (Å²) in [6.07, 6.45) is 3.38. The second kappa shape index (κ2) is 10.0. The fraction of sp³-hybridized carbons (Fsp3) is 0.440. The summed E-state index contributed by atoms with van der Waals surface area (Å²) in [5, 5.41) is 7.55. The minimum Gasteiger partial charge on any atom is -0.492 e. The zero-order chi connectivity index (χ0) is 23.4. The maximum Gasteiger partial charge on any atom is 0.225 e. The smallest absolute Gasteiger partial charge is 0.225 e. The highest BCUT2D eigenvalue weighted by Crippen LogP contribution is 2.23. The van der Waals surface area contributed by atoms with Crippen molar-refractivity contribution in [3.63, 3.8) is 0 Å². The van der Waals surface area contributed by atoms with Gasteiger partial charge in [-0.25, -0.2) is 14.6 Å². The highest BCUT2D eigenvalue weighted by Gasteiger charge is 2.26. The van der Waals surface area contributed by atoms with Gasteiger partial charge in [-0.2, -0.15) is 5.10 Å². The van der Waals surface area contributed by atoms with Crippen molar-refractivity contribution >= 4 is 11.7 Å². The number of rotatable bonds is 7. The van der Waals surface area contributed by atoms with E-state index in [1.54, 1.807) is 6.33 Å². The molecule has 4 rings (SSSR count). The van der Waals surface area contributed by atoms with Crippen molar-refractivity contribution in [2.45, 2.75) is 40.5 Å². The topological polar surface area (TPSA) is 85.2 Å². The molecule has 1 atom stereocenters. The van der Waals surface area contributed by atoms with E-state index >= 15 is 0 Å². The van der Waals surface area contributed by atoms with Crippen molar-refractivity contribution in [3.8, 4) is 11.6 Å². The van der Waals surface area contributed by atoms with E-state index in [-0.39, 0.29) is 11.8 Å². The maximum absolute atomic E-state index is 12.8. The number of hydrogen-bond donors (Lipinski definition) is 1. The predicted octanol–water partition coefficient (Wildman–Crippen LogP) is 3.31. The molecule has 8 heteroatoms. The van der Waals surface area contributed by atoms with E-state index in [4.69, 9.17) is 4.74 Å². The van der Waals surface area contributed by atoms with Gasteiger partial charge in [-0.3, -0.25) is 4.79 Å². The fourth-order valence-electron chi connectivity index (χ4n) is 4.39. The van der Waals surface area contributed by atoms with Gasteiger partial charge in [0.05, 0.1) is 18.2 Å². The molecule has 33 heavy (non-hydrogen) atoms. The van der Waals surface area contributed by atoms with Crippen LogP contribution in [0.25, 0.3) is 5.82 Å². The standard InChI is InChI=1S/C25H32N6O2/c1-17-10-18(2)12-22(11-17)33-9-7-26-25(32)21-6-5-8-30(15-21)23-14-24(28-16-27-23)31-20(4)13-19(3)29-31/h10-14,16,21H,5-9,15H2,1-4H3,(H,26,32). The van der Waals surface area contributed by atoms with Crippen molar-refractivity contribution in [2.24, 2.45) is 5.92 Å². The third-order valence-electron chi connectivity index (χ3n) is 5.85. The third kappa shape index (κ3) is 5.69. The molecule has 174 valence electrons. The number of hydrogen-bond acceptors (Lipinski definition) is 6. The first kappa shape index (κ1) is 22.8. The molecule has 0 spiro atoms. The highest BCUT2D eigenvalue weighted by molar-refractivity contribution is 5.79. The van der Waals surface area contributed by atoms with Gasteiger partial charge in [-0.15, -0.1) is 0 Å². The quantitative estimate of drug-likeness (QED) is 0.558. The van der Waals surface area contributed by atoms with E-state index in [9.17, 15) is 4.79 Å². The number of anilines is 1. The second-order valence-electron chi connectivity index (χ2n) is 8.82. The molecule has 3 heterocycles. The second-order valence-corrected chi connectivity index (χ2v) is 8.82. The number of piperidine rings is 1. The first-order valence-corrected chi connectivity index (χ1v) is 11.5. The van der Waals surface area contributed by atoms with Crippen molar-refractivity contribution in [2.75, 3.05) is 31.1 Å². The summed E-state index contributed by atoms with van der Waals surface area (Å²) in [4.78, 5) is 23.8. The normalized spacial score (nSPS) is 16.0. The Labute approximate surface area is 195 Å². The summed E-state index contributed by atoms with van der Waals surface area (Å²) >= 11 is 0. The lowest BCUT2D eigenvalue weighted by Gasteiger charge is -2.32. The van der Waals surface area contributed by atoms with Gasteiger partial charge in [0, 0.05) is 24.8 Å². The fourth-order valence-corrected chi connectivity index (χ4v) is 4.39. The molecule has 0 radical (unpaired) electrons. The van der Waals surface area contributed by atoms with Crippen LogP contribution in [-0.4, -0.2) is 51.9 Å². The van der Waals surface area contributed by atoms with Gasteiger partial charge < -0.3 is 15.0 Å². The number of nitrogens with zero attached hydrogens (tertiary/aromatic N) is 5.